The van der Waals surface area contributed by atoms with Gasteiger partial charge in [-0.3, -0.25) is 4.79 Å². The number of carbonyl (C=O) groups is 2. The number of aliphatic hydroxyl groups is 1. The van der Waals surface area contributed by atoms with Crippen LogP contribution >= 0.6 is 0 Å². The van der Waals surface area contributed by atoms with Crippen molar-refractivity contribution in [1.29, 1.82) is 0 Å². The van der Waals surface area contributed by atoms with Crippen LogP contribution in [0.4, 0.5) is 4.79 Å². The molecule has 0 aromatic heterocycles. The molecule has 0 spiro atoms. The molecule has 2 amide bonds. The number of carbonyl (C=O) groups excluding carboxylic acids is 2. The van der Waals surface area contributed by atoms with Crippen molar-refractivity contribution in [3.05, 3.63) is 95.1 Å². The maximum Gasteiger partial charge on any atom is 0.325 e. The van der Waals surface area contributed by atoms with Gasteiger partial charge in [-0.2, -0.15) is 0 Å². The molecule has 0 aliphatic carbocycles. The van der Waals surface area contributed by atoms with Gasteiger partial charge in [-0.1, -0.05) is 74.0 Å². The number of nitrogens with one attached hydrogen (secondary N) is 2. The molecule has 2 saturated heterocycles. The smallest absolute Gasteiger partial charge is 0.325 e. The summed E-state index contributed by atoms with van der Waals surface area (Å²) in [6.07, 6.45) is 3.04. The Bertz CT molecular complexity index is 1410. The summed E-state index contributed by atoms with van der Waals surface area (Å²) in [5.74, 6) is -0.330. The maximum atomic E-state index is 12.2. The van der Waals surface area contributed by atoms with Crippen molar-refractivity contribution in [3.8, 4) is 11.1 Å². The first kappa shape index (κ1) is 32.6. The summed E-state index contributed by atoms with van der Waals surface area (Å²) >= 11 is 0. The van der Waals surface area contributed by atoms with Crippen LogP contribution in [0.5, 0.6) is 0 Å². The second kappa shape index (κ2) is 16.0. The van der Waals surface area contributed by atoms with E-state index in [1.165, 1.54) is 19.3 Å². The number of hydrogen-bond acceptors (Lipinski definition) is 7. The Hall–Kier alpha value is -3.76. The number of likely N-dealkylation sites (tertiary alicyclic amines) is 1. The molecule has 3 aromatic rings. The van der Waals surface area contributed by atoms with E-state index in [0.29, 0.717) is 6.54 Å². The maximum absolute atomic E-state index is 12.2. The zero-order valence-electron chi connectivity index (χ0n) is 26.2. The Kier molecular flexibility index (Phi) is 11.6. The van der Waals surface area contributed by atoms with Gasteiger partial charge in [0.05, 0.1) is 25.4 Å². The van der Waals surface area contributed by atoms with Crippen LogP contribution in [0.15, 0.2) is 72.8 Å². The van der Waals surface area contributed by atoms with Gasteiger partial charge in [-0.25, -0.2) is 4.79 Å². The topological polar surface area (TPSA) is 109 Å². The fraction of sp³-hybridized carbons (Fsp3) is 0.444. The summed E-state index contributed by atoms with van der Waals surface area (Å²) < 4.78 is 18.3. The predicted octanol–water partition coefficient (Wildman–Crippen LogP) is 5.49. The van der Waals surface area contributed by atoms with Crippen molar-refractivity contribution in [1.82, 2.24) is 15.5 Å². The highest BCUT2D eigenvalue weighted by atomic mass is 16.7. The Balaban J connectivity index is 1.31. The molecule has 0 unspecified atom stereocenters. The largest absolute Gasteiger partial charge is 0.465 e. The number of benzene rings is 3. The van der Waals surface area contributed by atoms with Crippen LogP contribution in [0.1, 0.15) is 67.8 Å². The van der Waals surface area contributed by atoms with Gasteiger partial charge in [-0.05, 0) is 72.8 Å². The molecular formula is C36H45N3O6. The molecule has 9 heteroatoms. The van der Waals surface area contributed by atoms with Crippen LogP contribution < -0.4 is 10.6 Å². The summed E-state index contributed by atoms with van der Waals surface area (Å²) in [5, 5.41) is 14.9. The SMILES string of the molecule is CCOC(=O)CNC(=O)NCc1cccc(-c2cccc([C@H]3O[C@@H](CN4CCCCC4)[C@@H](C)[C@@H](c4ccc(CO)cc4)O3)c2)c1. The minimum Gasteiger partial charge on any atom is -0.465 e. The summed E-state index contributed by atoms with van der Waals surface area (Å²) in [4.78, 5) is 26.2. The molecule has 3 N–H and O–H groups in total. The lowest BCUT2D eigenvalue weighted by Gasteiger charge is -2.43. The number of nitrogens with zero attached hydrogens (tertiary/aromatic N) is 1. The van der Waals surface area contributed by atoms with E-state index in [-0.39, 0.29) is 37.9 Å². The predicted molar refractivity (Wildman–Crippen MR) is 172 cm³/mol. The van der Waals surface area contributed by atoms with E-state index in [9.17, 15) is 14.7 Å². The summed E-state index contributed by atoms with van der Waals surface area (Å²) in [6.45, 7) is 7.42. The Morgan fingerprint density at radius 1 is 0.889 bits per heavy atom. The molecule has 0 radical (unpaired) electrons. The third-order valence-corrected chi connectivity index (χ3v) is 8.58. The van der Waals surface area contributed by atoms with Crippen molar-refractivity contribution in [2.75, 3.05) is 32.8 Å². The number of urea groups is 1. The first-order valence-electron chi connectivity index (χ1n) is 16.0. The molecule has 0 bridgehead atoms. The minimum atomic E-state index is -0.536. The third kappa shape index (κ3) is 8.92. The van der Waals surface area contributed by atoms with Crippen LogP contribution in [0.25, 0.3) is 11.1 Å². The van der Waals surface area contributed by atoms with Crippen LogP contribution in [0.2, 0.25) is 0 Å². The highest BCUT2D eigenvalue weighted by molar-refractivity contribution is 5.80. The van der Waals surface area contributed by atoms with E-state index in [1.807, 2.05) is 48.5 Å². The fourth-order valence-electron chi connectivity index (χ4n) is 6.06. The number of esters is 1. The average molecular weight is 616 g/mol. The van der Waals surface area contributed by atoms with Gasteiger partial charge in [0.15, 0.2) is 6.29 Å². The highest BCUT2D eigenvalue weighted by Crippen LogP contribution is 2.42. The van der Waals surface area contributed by atoms with Crippen LogP contribution in [-0.4, -0.2) is 60.9 Å². The van der Waals surface area contributed by atoms with Crippen LogP contribution in [0, 0.1) is 5.92 Å². The Labute approximate surface area is 265 Å². The van der Waals surface area contributed by atoms with Gasteiger partial charge in [0.1, 0.15) is 6.54 Å². The zero-order chi connectivity index (χ0) is 31.6. The molecule has 2 heterocycles. The summed E-state index contributed by atoms with van der Waals surface area (Å²) in [6, 6.07) is 23.8. The fourth-order valence-corrected chi connectivity index (χ4v) is 6.06. The number of ether oxygens (including phenoxy) is 3. The van der Waals surface area contributed by atoms with Crippen molar-refractivity contribution in [3.63, 3.8) is 0 Å². The lowest BCUT2D eigenvalue weighted by Crippen LogP contribution is -2.45. The van der Waals surface area contributed by atoms with Gasteiger partial charge in [0, 0.05) is 24.6 Å². The third-order valence-electron chi connectivity index (χ3n) is 8.58. The number of hydrogen-bond donors (Lipinski definition) is 3. The number of rotatable bonds is 11. The second-order valence-corrected chi connectivity index (χ2v) is 11.9. The van der Waals surface area contributed by atoms with Crippen molar-refractivity contribution in [2.45, 2.75) is 64.8 Å². The zero-order valence-corrected chi connectivity index (χ0v) is 26.2. The molecule has 2 fully saturated rings. The molecule has 4 atom stereocenters. The van der Waals surface area contributed by atoms with Gasteiger partial charge in [-0.15, -0.1) is 0 Å². The summed E-state index contributed by atoms with van der Waals surface area (Å²) in [7, 11) is 0. The Morgan fingerprint density at radius 2 is 1.62 bits per heavy atom. The molecule has 3 aromatic carbocycles. The molecule has 45 heavy (non-hydrogen) atoms. The highest BCUT2D eigenvalue weighted by Gasteiger charge is 2.39. The second-order valence-electron chi connectivity index (χ2n) is 11.9. The lowest BCUT2D eigenvalue weighted by atomic mass is 9.89. The quantitative estimate of drug-likeness (QED) is 0.245. The lowest BCUT2D eigenvalue weighted by molar-refractivity contribution is -0.276. The van der Waals surface area contributed by atoms with E-state index >= 15 is 0 Å². The first-order chi connectivity index (χ1) is 21.9. The van der Waals surface area contributed by atoms with E-state index in [0.717, 1.165) is 53.0 Å². The van der Waals surface area contributed by atoms with Crippen LogP contribution in [-0.2, 0) is 32.2 Å². The molecule has 2 aliphatic heterocycles. The number of aliphatic hydroxyl groups excluding tert-OH is 1. The number of piperidine rings is 1. The minimum absolute atomic E-state index is 0.00241. The van der Waals surface area contributed by atoms with Gasteiger partial charge in [0.2, 0.25) is 0 Å². The molecular weight excluding hydrogens is 570 g/mol. The summed E-state index contributed by atoms with van der Waals surface area (Å²) in [5.41, 5.74) is 5.86. The monoisotopic (exact) mass is 615 g/mol. The molecule has 240 valence electrons. The van der Waals surface area contributed by atoms with Crippen LogP contribution in [0.3, 0.4) is 0 Å². The molecule has 9 nitrogen and oxygen atoms in total. The van der Waals surface area contributed by atoms with E-state index in [2.05, 4.69) is 46.7 Å². The normalized spacial score (nSPS) is 22.0. The van der Waals surface area contributed by atoms with Crippen molar-refractivity contribution >= 4 is 12.0 Å². The van der Waals surface area contributed by atoms with Crippen molar-refractivity contribution in [2.24, 2.45) is 5.92 Å². The Morgan fingerprint density at radius 3 is 2.36 bits per heavy atom. The van der Waals surface area contributed by atoms with Crippen molar-refractivity contribution < 1.29 is 28.9 Å². The van der Waals surface area contributed by atoms with E-state index in [4.69, 9.17) is 14.2 Å². The average Bonchev–Trinajstić information content (AvgIpc) is 3.08. The first-order valence-corrected chi connectivity index (χ1v) is 16.0. The van der Waals surface area contributed by atoms with E-state index < -0.39 is 18.3 Å². The van der Waals surface area contributed by atoms with E-state index in [1.54, 1.807) is 6.92 Å². The molecule has 0 saturated carbocycles. The molecule has 5 rings (SSSR count). The number of amides is 2. The van der Waals surface area contributed by atoms with Gasteiger partial charge in [0.25, 0.3) is 0 Å². The van der Waals surface area contributed by atoms with Gasteiger partial charge >= 0.3 is 12.0 Å². The molecule has 2 aliphatic rings. The van der Waals surface area contributed by atoms with Gasteiger partial charge < -0.3 is 34.9 Å². The standard InChI is InChI=1S/C36H45N3O6/c1-3-43-33(41)22-38-36(42)37-21-27-9-7-10-29(19-27)30-11-8-12-31(20-30)35-44-32(23-39-17-5-4-6-18-39)25(2)34(45-35)28-15-13-26(24-40)14-16-28/h7-16,19-20,25,32,34-35,40H,3-6,17-18,21-24H2,1-2H3,(H2,37,38,42)/t25-,32+,34+,35+/m1/s1.